The number of hydrogen-bond donors (Lipinski definition) is 4. The van der Waals surface area contributed by atoms with Crippen LogP contribution in [0, 0.1) is 5.92 Å². The molecule has 0 spiro atoms. The lowest BCUT2D eigenvalue weighted by Crippen LogP contribution is -2.56. The normalized spacial score (nSPS) is 27.1. The third-order valence-electron chi connectivity index (χ3n) is 10.9. The second-order valence-electron chi connectivity index (χ2n) is 15.2. The molecule has 2 aliphatic heterocycles. The maximum absolute atomic E-state index is 14.6. The number of nitrogens with one attached hydrogen (secondary N) is 3. The third-order valence-corrected chi connectivity index (χ3v) is 11.6. The van der Waals surface area contributed by atoms with Gasteiger partial charge < -0.3 is 40.2 Å². The number of alkyl carbamates (subject to hydrolysis) is 1. The summed E-state index contributed by atoms with van der Waals surface area (Å²) in [5.41, 5.74) is 0.185. The number of carboxylic acids is 1. The Bertz CT molecular complexity index is 2000. The van der Waals surface area contributed by atoms with E-state index in [1.807, 2.05) is 23.6 Å². The number of hydrogen-bond acceptors (Lipinski definition) is 11. The minimum atomic E-state index is -1.46. The topological polar surface area (TPSA) is 181 Å². The number of benzene rings is 1. The van der Waals surface area contributed by atoms with Crippen LogP contribution in [0.3, 0.4) is 0 Å². The zero-order valence-corrected chi connectivity index (χ0v) is 32.3. The number of pyridine rings is 1. The van der Waals surface area contributed by atoms with Crippen LogP contribution >= 0.6 is 11.3 Å². The summed E-state index contributed by atoms with van der Waals surface area (Å²) in [5, 5.41) is 22.0. The molecule has 7 rings (SSSR count). The first-order valence-corrected chi connectivity index (χ1v) is 20.1. The summed E-state index contributed by atoms with van der Waals surface area (Å²) in [4.78, 5) is 65.4. The number of amides is 3. The van der Waals surface area contributed by atoms with Crippen molar-refractivity contribution in [3.63, 3.8) is 0 Å². The van der Waals surface area contributed by atoms with E-state index in [1.54, 1.807) is 39.2 Å². The van der Waals surface area contributed by atoms with Gasteiger partial charge in [-0.05, 0) is 77.3 Å². The maximum atomic E-state index is 14.6. The summed E-state index contributed by atoms with van der Waals surface area (Å²) in [6, 6.07) is 4.21. The van der Waals surface area contributed by atoms with Gasteiger partial charge in [0.05, 0.1) is 26.2 Å². The van der Waals surface area contributed by atoms with Crippen LogP contribution in [0.4, 0.5) is 9.93 Å². The zero-order valence-electron chi connectivity index (χ0n) is 32.5. The molecular weight excluding hydrogens is 725 g/mol. The lowest BCUT2D eigenvalue weighted by atomic mass is 10.0. The van der Waals surface area contributed by atoms with E-state index < -0.39 is 53.6 Å². The van der Waals surface area contributed by atoms with Gasteiger partial charge in [-0.3, -0.25) is 9.59 Å². The van der Waals surface area contributed by atoms with Gasteiger partial charge in [-0.2, -0.15) is 0 Å². The Morgan fingerprint density at radius 2 is 1.87 bits per heavy atom. The van der Waals surface area contributed by atoms with E-state index in [-0.39, 0.29) is 31.4 Å². The summed E-state index contributed by atoms with van der Waals surface area (Å²) >= 11 is 1.35. The fraction of sp³-hybridized carbons (Fsp3) is 0.550. The second kappa shape index (κ2) is 16.4. The highest BCUT2D eigenvalue weighted by Crippen LogP contribution is 2.45. The van der Waals surface area contributed by atoms with Gasteiger partial charge in [-0.1, -0.05) is 25.0 Å². The summed E-state index contributed by atoms with van der Waals surface area (Å²) in [6.07, 6.45) is 9.52. The van der Waals surface area contributed by atoms with E-state index in [4.69, 9.17) is 20.6 Å². The molecule has 3 fully saturated rings. The van der Waals surface area contributed by atoms with Crippen molar-refractivity contribution in [2.45, 2.75) is 120 Å². The number of anilines is 1. The predicted octanol–water partition coefficient (Wildman–Crippen LogP) is 6.05. The molecule has 294 valence electrons. The standard InChI is InChI=1S/C40H50N6O8S/c1-23(2)41-38-43-32(22-55-38)31-19-34(28-16-15-26(52-3)17-30(28)42-31)53-27-18-33-35(47)45-40(37(49)50)20-24(40)11-7-5-4-6-8-14-29(36(48)46(33)21-27)44-39(51)54-25-12-9-10-13-25/h7,11,15-17,19,22-25,27,29,33H,4-6,8-10,12-14,18,20-21H2,1-3H3,(H,41,43)(H,44,51)(H,45,47)(H,49,50)/b11-7-/t24-,27+,29+,33-,40+/m0/s1/i23T. The number of fused-ring (bicyclic) bond motifs is 3. The van der Waals surface area contributed by atoms with Crippen LogP contribution in [0.1, 0.15) is 85.8 Å². The van der Waals surface area contributed by atoms with Gasteiger partial charge >= 0.3 is 12.1 Å². The maximum Gasteiger partial charge on any atom is 0.408 e. The Morgan fingerprint density at radius 1 is 1.07 bits per heavy atom. The number of carbonyl (C=O) groups excluding carboxylic acids is 3. The quantitative estimate of drug-likeness (QED) is 0.186. The highest BCUT2D eigenvalue weighted by Gasteiger charge is 2.61. The van der Waals surface area contributed by atoms with E-state index in [1.165, 1.54) is 16.2 Å². The van der Waals surface area contributed by atoms with Crippen LogP contribution in [-0.4, -0.2) is 93.4 Å². The number of allylic oxidation sites excluding steroid dienone is 1. The minimum Gasteiger partial charge on any atom is -0.497 e. The number of nitrogens with zero attached hydrogens (tertiary/aromatic N) is 3. The van der Waals surface area contributed by atoms with Crippen LogP contribution in [0.15, 0.2) is 41.8 Å². The van der Waals surface area contributed by atoms with Crippen LogP contribution in [0.5, 0.6) is 11.5 Å². The van der Waals surface area contributed by atoms with Crippen molar-refractivity contribution in [3.8, 4) is 22.9 Å². The second-order valence-corrected chi connectivity index (χ2v) is 16.0. The van der Waals surface area contributed by atoms with E-state index in [0.717, 1.165) is 44.9 Å². The first-order valence-electron chi connectivity index (χ1n) is 19.7. The first kappa shape index (κ1) is 37.0. The molecule has 1 saturated heterocycles. The Balaban J connectivity index is 1.20. The number of thiazole rings is 1. The molecule has 2 saturated carbocycles. The van der Waals surface area contributed by atoms with Crippen molar-refractivity contribution in [1.29, 1.82) is 0 Å². The molecule has 55 heavy (non-hydrogen) atoms. The number of aromatic nitrogens is 2. The highest BCUT2D eigenvalue weighted by molar-refractivity contribution is 7.14. The molecule has 4 heterocycles. The smallest absolute Gasteiger partial charge is 0.408 e. The number of ether oxygens (including phenoxy) is 3. The molecule has 0 bridgehead atoms. The number of rotatable bonds is 9. The number of methoxy groups -OCH3 is 1. The van der Waals surface area contributed by atoms with Gasteiger partial charge in [0.1, 0.15) is 47.0 Å². The molecule has 3 aromatic rings. The minimum absolute atomic E-state index is 0.00876. The molecule has 0 radical (unpaired) electrons. The molecule has 2 aliphatic carbocycles. The molecule has 0 unspecified atom stereocenters. The summed E-state index contributed by atoms with van der Waals surface area (Å²) < 4.78 is 26.1. The van der Waals surface area contributed by atoms with Gasteiger partial charge in [0.15, 0.2) is 5.13 Å². The monoisotopic (exact) mass is 776 g/mol. The lowest BCUT2D eigenvalue weighted by molar-refractivity contribution is -0.145. The van der Waals surface area contributed by atoms with Gasteiger partial charge in [0.2, 0.25) is 11.8 Å². The van der Waals surface area contributed by atoms with Crippen molar-refractivity contribution in [1.82, 2.24) is 25.5 Å². The molecule has 15 heteroatoms. The van der Waals surface area contributed by atoms with Gasteiger partial charge in [-0.15, -0.1) is 11.3 Å². The van der Waals surface area contributed by atoms with Gasteiger partial charge in [0.25, 0.3) is 0 Å². The summed E-state index contributed by atoms with van der Waals surface area (Å²) in [7, 11) is 1.57. The molecule has 4 aliphatic rings. The zero-order chi connectivity index (χ0) is 39.6. The van der Waals surface area contributed by atoms with Gasteiger partial charge in [0, 0.05) is 41.3 Å². The number of carboxylic acid groups (broad SMARTS) is 1. The first-order chi connectivity index (χ1) is 26.8. The Hall–Kier alpha value is -4.92. The predicted molar refractivity (Wildman–Crippen MR) is 207 cm³/mol. The molecular formula is C40H50N6O8S. The third kappa shape index (κ3) is 8.66. The average molecular weight is 777 g/mol. The molecule has 1 aromatic carbocycles. The van der Waals surface area contributed by atoms with E-state index >= 15 is 0 Å². The average Bonchev–Trinajstić information content (AvgIpc) is 3.58. The van der Waals surface area contributed by atoms with Crippen LogP contribution in [0.2, 0.25) is 0 Å². The highest BCUT2D eigenvalue weighted by atomic mass is 32.1. The van der Waals surface area contributed by atoms with E-state index in [9.17, 15) is 24.3 Å². The molecule has 4 N–H and O–H groups in total. The lowest BCUT2D eigenvalue weighted by Gasteiger charge is -2.29. The largest absolute Gasteiger partial charge is 0.497 e. The van der Waals surface area contributed by atoms with Crippen molar-refractivity contribution in [3.05, 3.63) is 41.8 Å². The Labute approximate surface area is 325 Å². The molecule has 14 nitrogen and oxygen atoms in total. The number of carbonyl (C=O) groups is 4. The molecule has 3 amide bonds. The molecule has 2 aromatic heterocycles. The van der Waals surface area contributed by atoms with Crippen molar-refractivity contribution < 1.29 is 39.9 Å². The molecule has 5 atom stereocenters. The van der Waals surface area contributed by atoms with Crippen LogP contribution in [-0.2, 0) is 19.1 Å². The Kier molecular flexibility index (Phi) is 11.1. The van der Waals surface area contributed by atoms with Crippen molar-refractivity contribution >= 4 is 51.2 Å². The fourth-order valence-corrected chi connectivity index (χ4v) is 8.67. The summed E-state index contributed by atoms with van der Waals surface area (Å²) in [5.74, 6) is -1.49. The van der Waals surface area contributed by atoms with E-state index in [2.05, 4.69) is 20.9 Å². The fourth-order valence-electron chi connectivity index (χ4n) is 7.85. The van der Waals surface area contributed by atoms with E-state index in [0.29, 0.717) is 51.8 Å². The number of aliphatic carboxylic acids is 1. The van der Waals surface area contributed by atoms with Crippen LogP contribution in [0.25, 0.3) is 22.3 Å². The van der Waals surface area contributed by atoms with Crippen LogP contribution < -0.4 is 25.4 Å². The summed E-state index contributed by atoms with van der Waals surface area (Å²) in [6.45, 7) is 3.46. The SMILES string of the molecule is [3H]C(C)(C)Nc1nc(-c2cc(O[C@@H]3C[C@H]4C(=O)N[C@]5(C(=O)O)C[C@@H]5/C=C\CCCCC[C@@H](NC(=O)OC5CCCC5)C(=O)N4C3)c3ccc(OC)cc3n2)cs1. The van der Waals surface area contributed by atoms with Crippen molar-refractivity contribution in [2.24, 2.45) is 5.92 Å². The van der Waals surface area contributed by atoms with Crippen molar-refractivity contribution in [2.75, 3.05) is 19.0 Å². The Morgan fingerprint density at radius 3 is 2.64 bits per heavy atom. The van der Waals surface area contributed by atoms with Gasteiger partial charge in [-0.25, -0.2) is 19.6 Å².